The molecule has 0 atom stereocenters. The molecule has 4 rings (SSSR count). The van der Waals surface area contributed by atoms with Gasteiger partial charge in [-0.05, 0) is 87.9 Å². The summed E-state index contributed by atoms with van der Waals surface area (Å²) in [5.41, 5.74) is 5.65. The number of nitrogens with zero attached hydrogens (tertiary/aromatic N) is 2. The number of imidazole rings is 1. The van der Waals surface area contributed by atoms with Crippen molar-refractivity contribution in [2.24, 2.45) is 0 Å². The van der Waals surface area contributed by atoms with Gasteiger partial charge in [0.2, 0.25) is 0 Å². The first-order valence-corrected chi connectivity index (χ1v) is 14.1. The van der Waals surface area contributed by atoms with E-state index in [4.69, 9.17) is 14.5 Å². The summed E-state index contributed by atoms with van der Waals surface area (Å²) in [5.74, 6) is 2.76. The second kappa shape index (κ2) is 14.4. The lowest BCUT2D eigenvalue weighted by Crippen LogP contribution is -2.29. The highest BCUT2D eigenvalue weighted by molar-refractivity contribution is 5.77. The standard InChI is InChI=1S/C33H41N3O3/c1-25-15-18-28(19-16-25)38-22-10-9-21-36-30-12-7-6-11-29(30)35-32(36)13-5-4-8-20-34-33(37)24-39-31-23-26(2)14-17-27(31)3/h6-7,11-12,14-19,23H,4-5,8-10,13,20-22,24H2,1-3H3,(H,34,37). The fourth-order valence-corrected chi connectivity index (χ4v) is 4.63. The largest absolute Gasteiger partial charge is 0.494 e. The molecule has 1 amide bonds. The van der Waals surface area contributed by atoms with Crippen LogP contribution in [0.25, 0.3) is 11.0 Å². The molecule has 0 bridgehead atoms. The first kappa shape index (κ1) is 28.2. The molecule has 1 aromatic heterocycles. The number of ether oxygens (including phenoxy) is 2. The SMILES string of the molecule is Cc1ccc(OCCCCn2c(CCCCCNC(=O)COc3cc(C)ccc3C)nc3ccccc32)cc1. The van der Waals surface area contributed by atoms with Gasteiger partial charge in [0.05, 0.1) is 17.6 Å². The van der Waals surface area contributed by atoms with Gasteiger partial charge in [-0.3, -0.25) is 4.79 Å². The maximum atomic E-state index is 12.2. The van der Waals surface area contributed by atoms with Crippen molar-refractivity contribution < 1.29 is 14.3 Å². The normalized spacial score (nSPS) is 11.1. The molecule has 0 unspecified atom stereocenters. The van der Waals surface area contributed by atoms with Crippen LogP contribution < -0.4 is 14.8 Å². The van der Waals surface area contributed by atoms with Gasteiger partial charge in [-0.15, -0.1) is 0 Å². The molecule has 0 saturated carbocycles. The Bertz CT molecular complexity index is 1340. The van der Waals surface area contributed by atoms with Gasteiger partial charge in [-0.2, -0.15) is 0 Å². The zero-order chi connectivity index (χ0) is 27.5. The first-order valence-electron chi connectivity index (χ1n) is 14.1. The zero-order valence-electron chi connectivity index (χ0n) is 23.5. The van der Waals surface area contributed by atoms with Crippen molar-refractivity contribution in [1.29, 1.82) is 0 Å². The lowest BCUT2D eigenvalue weighted by Gasteiger charge is -2.11. The molecular weight excluding hydrogens is 486 g/mol. The van der Waals surface area contributed by atoms with Crippen molar-refractivity contribution in [1.82, 2.24) is 14.9 Å². The average Bonchev–Trinajstić information content (AvgIpc) is 3.29. The van der Waals surface area contributed by atoms with E-state index >= 15 is 0 Å². The summed E-state index contributed by atoms with van der Waals surface area (Å²) in [4.78, 5) is 17.1. The number of hydrogen-bond acceptors (Lipinski definition) is 4. The van der Waals surface area contributed by atoms with Crippen molar-refractivity contribution in [3.8, 4) is 11.5 Å². The molecule has 206 valence electrons. The summed E-state index contributed by atoms with van der Waals surface area (Å²) in [6.45, 7) is 8.44. The molecule has 0 aliphatic carbocycles. The smallest absolute Gasteiger partial charge is 0.257 e. The molecule has 4 aromatic rings. The fourth-order valence-electron chi connectivity index (χ4n) is 4.63. The minimum atomic E-state index is -0.0796. The summed E-state index contributed by atoms with van der Waals surface area (Å²) < 4.78 is 14.0. The summed E-state index contributed by atoms with van der Waals surface area (Å²) in [6, 6.07) is 22.6. The van der Waals surface area contributed by atoms with Crippen molar-refractivity contribution in [3.05, 3.63) is 89.2 Å². The Morgan fingerprint density at radius 2 is 1.64 bits per heavy atom. The van der Waals surface area contributed by atoms with Gasteiger partial charge in [0, 0.05) is 19.5 Å². The second-order valence-electron chi connectivity index (χ2n) is 10.3. The zero-order valence-corrected chi connectivity index (χ0v) is 23.5. The Kier molecular flexibility index (Phi) is 10.4. The van der Waals surface area contributed by atoms with E-state index in [-0.39, 0.29) is 12.5 Å². The van der Waals surface area contributed by atoms with E-state index in [1.165, 1.54) is 11.1 Å². The number of amides is 1. The molecule has 0 aliphatic rings. The predicted molar refractivity (Wildman–Crippen MR) is 158 cm³/mol. The maximum Gasteiger partial charge on any atom is 0.257 e. The van der Waals surface area contributed by atoms with E-state index in [2.05, 4.69) is 47.1 Å². The molecule has 6 nitrogen and oxygen atoms in total. The van der Waals surface area contributed by atoms with E-state index in [1.54, 1.807) is 0 Å². The van der Waals surface area contributed by atoms with E-state index in [0.29, 0.717) is 13.2 Å². The molecule has 39 heavy (non-hydrogen) atoms. The molecule has 0 spiro atoms. The van der Waals surface area contributed by atoms with Crippen molar-refractivity contribution in [2.45, 2.75) is 65.8 Å². The van der Waals surface area contributed by atoms with Gasteiger partial charge in [-0.1, -0.05) is 48.4 Å². The van der Waals surface area contributed by atoms with Gasteiger partial charge in [-0.25, -0.2) is 4.98 Å². The van der Waals surface area contributed by atoms with Crippen LogP contribution in [0, 0.1) is 20.8 Å². The molecular formula is C33H41N3O3. The highest BCUT2D eigenvalue weighted by Crippen LogP contribution is 2.20. The highest BCUT2D eigenvalue weighted by Gasteiger charge is 2.10. The number of rotatable bonds is 15. The number of carbonyl (C=O) groups excluding carboxylic acids is 1. The van der Waals surface area contributed by atoms with Crippen LogP contribution in [0.3, 0.4) is 0 Å². The van der Waals surface area contributed by atoms with Crippen LogP contribution >= 0.6 is 0 Å². The minimum Gasteiger partial charge on any atom is -0.494 e. The van der Waals surface area contributed by atoms with E-state index in [1.807, 2.05) is 50.2 Å². The van der Waals surface area contributed by atoms with Crippen LogP contribution in [0.2, 0.25) is 0 Å². The molecule has 3 aromatic carbocycles. The predicted octanol–water partition coefficient (Wildman–Crippen LogP) is 6.73. The van der Waals surface area contributed by atoms with Crippen LogP contribution in [-0.4, -0.2) is 35.2 Å². The molecule has 0 fully saturated rings. The van der Waals surface area contributed by atoms with Crippen molar-refractivity contribution >= 4 is 16.9 Å². The molecule has 0 aliphatic heterocycles. The lowest BCUT2D eigenvalue weighted by atomic mass is 10.1. The Labute approximate surface area is 232 Å². The van der Waals surface area contributed by atoms with Crippen molar-refractivity contribution in [3.63, 3.8) is 0 Å². The van der Waals surface area contributed by atoms with Crippen LogP contribution in [0.5, 0.6) is 11.5 Å². The number of aromatic nitrogens is 2. The molecule has 1 N–H and O–H groups in total. The van der Waals surface area contributed by atoms with Gasteiger partial charge < -0.3 is 19.4 Å². The highest BCUT2D eigenvalue weighted by atomic mass is 16.5. The number of para-hydroxylation sites is 2. The maximum absolute atomic E-state index is 12.2. The van der Waals surface area contributed by atoms with Crippen molar-refractivity contribution in [2.75, 3.05) is 19.8 Å². The third-order valence-electron chi connectivity index (χ3n) is 6.90. The Morgan fingerprint density at radius 1 is 0.846 bits per heavy atom. The van der Waals surface area contributed by atoms with Crippen LogP contribution in [0.15, 0.2) is 66.7 Å². The fraction of sp³-hybridized carbons (Fsp3) is 0.394. The Balaban J connectivity index is 1.16. The Hall–Kier alpha value is -3.80. The number of hydrogen-bond donors (Lipinski definition) is 1. The van der Waals surface area contributed by atoms with Gasteiger partial charge >= 0.3 is 0 Å². The van der Waals surface area contributed by atoms with Gasteiger partial charge in [0.1, 0.15) is 17.3 Å². The first-order chi connectivity index (χ1) is 19.0. The quantitative estimate of drug-likeness (QED) is 0.174. The minimum absolute atomic E-state index is 0.0460. The van der Waals surface area contributed by atoms with E-state index in [0.717, 1.165) is 79.0 Å². The number of fused-ring (bicyclic) bond motifs is 1. The number of benzene rings is 3. The van der Waals surface area contributed by atoms with Crippen LogP contribution in [0.4, 0.5) is 0 Å². The monoisotopic (exact) mass is 527 g/mol. The summed E-state index contributed by atoms with van der Waals surface area (Å²) in [7, 11) is 0. The number of carbonyl (C=O) groups is 1. The molecule has 1 heterocycles. The van der Waals surface area contributed by atoms with Gasteiger partial charge in [0.15, 0.2) is 6.61 Å². The third kappa shape index (κ3) is 8.60. The number of aryl methyl sites for hydroxylation is 5. The summed E-state index contributed by atoms with van der Waals surface area (Å²) in [5, 5.41) is 2.98. The molecule has 0 radical (unpaired) electrons. The number of unbranched alkanes of at least 4 members (excludes halogenated alkanes) is 3. The average molecular weight is 528 g/mol. The topological polar surface area (TPSA) is 65.4 Å². The second-order valence-corrected chi connectivity index (χ2v) is 10.3. The molecule has 0 saturated heterocycles. The Morgan fingerprint density at radius 3 is 2.49 bits per heavy atom. The molecule has 6 heteroatoms. The van der Waals surface area contributed by atoms with E-state index in [9.17, 15) is 4.79 Å². The van der Waals surface area contributed by atoms with Crippen LogP contribution in [-0.2, 0) is 17.8 Å². The van der Waals surface area contributed by atoms with E-state index < -0.39 is 0 Å². The summed E-state index contributed by atoms with van der Waals surface area (Å²) in [6.07, 6.45) is 5.96. The number of nitrogens with one attached hydrogen (secondary N) is 1. The third-order valence-corrected chi connectivity index (χ3v) is 6.90. The van der Waals surface area contributed by atoms with Crippen LogP contribution in [0.1, 0.15) is 54.6 Å². The van der Waals surface area contributed by atoms with Gasteiger partial charge in [0.25, 0.3) is 5.91 Å². The lowest BCUT2D eigenvalue weighted by molar-refractivity contribution is -0.123. The summed E-state index contributed by atoms with van der Waals surface area (Å²) >= 11 is 0.